The van der Waals surface area contributed by atoms with Gasteiger partial charge in [-0.2, -0.15) is 0 Å². The minimum Gasteiger partial charge on any atom is -0.466 e. The van der Waals surface area contributed by atoms with Crippen molar-refractivity contribution >= 4 is 0 Å². The Kier molecular flexibility index (Phi) is 4.13. The molecule has 102 valence electrons. The number of furan rings is 1. The second-order valence-corrected chi connectivity index (χ2v) is 5.82. The Hall–Kier alpha value is -0.800. The third kappa shape index (κ3) is 3.15. The smallest absolute Gasteiger partial charge is 0.107 e. The Bertz CT molecular complexity index is 389. The Morgan fingerprint density at radius 3 is 2.56 bits per heavy atom. The third-order valence-electron chi connectivity index (χ3n) is 3.96. The van der Waals surface area contributed by atoms with Crippen LogP contribution in [0.1, 0.15) is 56.1 Å². The summed E-state index contributed by atoms with van der Waals surface area (Å²) < 4.78 is 5.50. The molecule has 3 heteroatoms. The molecule has 3 nitrogen and oxygen atoms in total. The van der Waals surface area contributed by atoms with Crippen LogP contribution >= 0.6 is 0 Å². The van der Waals surface area contributed by atoms with Gasteiger partial charge < -0.3 is 14.8 Å². The average Bonchev–Trinajstić information content (AvgIpc) is 2.68. The van der Waals surface area contributed by atoms with Crippen molar-refractivity contribution in [2.75, 3.05) is 6.54 Å². The van der Waals surface area contributed by atoms with Gasteiger partial charge in [0.25, 0.3) is 0 Å². The molecule has 0 radical (unpaired) electrons. The van der Waals surface area contributed by atoms with E-state index in [0.717, 1.165) is 17.1 Å². The topological polar surface area (TPSA) is 45.4 Å². The molecule has 1 heterocycles. The van der Waals surface area contributed by atoms with Gasteiger partial charge in [0, 0.05) is 18.2 Å². The number of aliphatic hydroxyl groups is 1. The predicted molar refractivity (Wildman–Crippen MR) is 72.6 cm³/mol. The molecule has 1 saturated carbocycles. The molecule has 0 saturated heterocycles. The van der Waals surface area contributed by atoms with Gasteiger partial charge >= 0.3 is 0 Å². The highest BCUT2D eigenvalue weighted by atomic mass is 16.3. The minimum atomic E-state index is -0.848. The van der Waals surface area contributed by atoms with Crippen molar-refractivity contribution in [1.29, 1.82) is 0 Å². The number of rotatable bonds is 4. The van der Waals surface area contributed by atoms with Gasteiger partial charge in [0.05, 0.1) is 0 Å². The van der Waals surface area contributed by atoms with Gasteiger partial charge in [-0.1, -0.05) is 19.3 Å². The van der Waals surface area contributed by atoms with Crippen LogP contribution in [0.2, 0.25) is 0 Å². The highest BCUT2D eigenvalue weighted by Crippen LogP contribution is 2.27. The summed E-state index contributed by atoms with van der Waals surface area (Å²) in [5.41, 5.74) is 0.0579. The van der Waals surface area contributed by atoms with Gasteiger partial charge in [-0.05, 0) is 39.7 Å². The van der Waals surface area contributed by atoms with Crippen molar-refractivity contribution in [1.82, 2.24) is 5.32 Å². The summed E-state index contributed by atoms with van der Waals surface area (Å²) >= 11 is 0. The summed E-state index contributed by atoms with van der Waals surface area (Å²) in [6, 6.07) is 2.51. The Morgan fingerprint density at radius 2 is 2.00 bits per heavy atom. The van der Waals surface area contributed by atoms with E-state index in [1.54, 1.807) is 0 Å². The van der Waals surface area contributed by atoms with Crippen LogP contribution in [0.25, 0.3) is 0 Å². The monoisotopic (exact) mass is 251 g/mol. The van der Waals surface area contributed by atoms with Crippen LogP contribution in [0.4, 0.5) is 0 Å². The number of hydrogen-bond acceptors (Lipinski definition) is 3. The Labute approximate surface area is 110 Å². The highest BCUT2D eigenvalue weighted by Gasteiger charge is 2.28. The molecule has 1 aromatic heterocycles. The van der Waals surface area contributed by atoms with Crippen LogP contribution in [0.3, 0.4) is 0 Å². The summed E-state index contributed by atoms with van der Waals surface area (Å²) in [5, 5.41) is 14.1. The SMILES string of the molecule is Cc1cc(C(C)(O)CNC2CCCCC2)c(C)o1. The van der Waals surface area contributed by atoms with E-state index in [4.69, 9.17) is 4.42 Å². The maximum atomic E-state index is 10.6. The molecule has 0 amide bonds. The first-order valence-corrected chi connectivity index (χ1v) is 7.02. The number of nitrogens with one attached hydrogen (secondary N) is 1. The fourth-order valence-electron chi connectivity index (χ4n) is 2.91. The van der Waals surface area contributed by atoms with Gasteiger partial charge in [-0.3, -0.25) is 0 Å². The standard InChI is InChI=1S/C15H25NO2/c1-11-9-14(12(2)18-11)15(3,17)10-16-13-7-5-4-6-8-13/h9,13,16-17H,4-8,10H2,1-3H3. The molecule has 18 heavy (non-hydrogen) atoms. The minimum absolute atomic E-state index is 0.568. The molecule has 0 aromatic carbocycles. The van der Waals surface area contributed by atoms with E-state index in [0.29, 0.717) is 12.6 Å². The lowest BCUT2D eigenvalue weighted by molar-refractivity contribution is 0.0508. The second kappa shape index (κ2) is 5.45. The van der Waals surface area contributed by atoms with E-state index < -0.39 is 5.60 Å². The largest absolute Gasteiger partial charge is 0.466 e. The molecular formula is C15H25NO2. The Morgan fingerprint density at radius 1 is 1.33 bits per heavy atom. The van der Waals surface area contributed by atoms with Crippen molar-refractivity contribution < 1.29 is 9.52 Å². The summed E-state index contributed by atoms with van der Waals surface area (Å²) in [7, 11) is 0. The molecule has 1 aliphatic rings. The van der Waals surface area contributed by atoms with E-state index in [-0.39, 0.29) is 0 Å². The van der Waals surface area contributed by atoms with Gasteiger partial charge in [0.15, 0.2) is 0 Å². The van der Waals surface area contributed by atoms with E-state index in [1.807, 2.05) is 26.8 Å². The molecule has 1 aromatic rings. The molecule has 0 aliphatic heterocycles. The van der Waals surface area contributed by atoms with E-state index >= 15 is 0 Å². The third-order valence-corrected chi connectivity index (χ3v) is 3.96. The van der Waals surface area contributed by atoms with E-state index in [1.165, 1.54) is 32.1 Å². The van der Waals surface area contributed by atoms with Crippen LogP contribution in [0.15, 0.2) is 10.5 Å². The number of aryl methyl sites for hydroxylation is 2. The van der Waals surface area contributed by atoms with Gasteiger partial charge in [0.1, 0.15) is 17.1 Å². The van der Waals surface area contributed by atoms with Crippen LogP contribution in [-0.2, 0) is 5.60 Å². The molecule has 1 aliphatic carbocycles. The molecule has 0 bridgehead atoms. The lowest BCUT2D eigenvalue weighted by Gasteiger charge is -2.29. The molecule has 2 rings (SSSR count). The summed E-state index contributed by atoms with van der Waals surface area (Å²) in [6.07, 6.45) is 6.45. The first-order valence-electron chi connectivity index (χ1n) is 7.02. The quantitative estimate of drug-likeness (QED) is 0.864. The fourth-order valence-corrected chi connectivity index (χ4v) is 2.91. The first-order chi connectivity index (χ1) is 8.49. The molecule has 0 spiro atoms. The molecule has 1 fully saturated rings. The van der Waals surface area contributed by atoms with Gasteiger partial charge in [-0.15, -0.1) is 0 Å². The van der Waals surface area contributed by atoms with Gasteiger partial charge in [0.2, 0.25) is 0 Å². The summed E-state index contributed by atoms with van der Waals surface area (Å²) in [5.74, 6) is 1.68. The zero-order valence-corrected chi connectivity index (χ0v) is 11.8. The zero-order valence-electron chi connectivity index (χ0n) is 11.8. The maximum absolute atomic E-state index is 10.6. The average molecular weight is 251 g/mol. The molecule has 2 N–H and O–H groups in total. The van der Waals surface area contributed by atoms with Crippen molar-refractivity contribution in [3.05, 3.63) is 23.2 Å². The van der Waals surface area contributed by atoms with Crippen molar-refractivity contribution in [2.24, 2.45) is 0 Å². The van der Waals surface area contributed by atoms with E-state index in [2.05, 4.69) is 5.32 Å². The Balaban J connectivity index is 1.96. The molecule has 1 unspecified atom stereocenters. The first kappa shape index (κ1) is 13.6. The van der Waals surface area contributed by atoms with Crippen molar-refractivity contribution in [3.63, 3.8) is 0 Å². The lowest BCUT2D eigenvalue weighted by atomic mass is 9.92. The highest BCUT2D eigenvalue weighted by molar-refractivity contribution is 5.26. The van der Waals surface area contributed by atoms with Crippen LogP contribution in [0.5, 0.6) is 0 Å². The predicted octanol–water partition coefficient (Wildman–Crippen LogP) is 3.03. The normalized spacial score (nSPS) is 20.9. The lowest BCUT2D eigenvalue weighted by Crippen LogP contribution is -2.41. The van der Waals surface area contributed by atoms with Crippen molar-refractivity contribution in [2.45, 2.75) is 64.5 Å². The number of hydrogen-bond donors (Lipinski definition) is 2. The summed E-state index contributed by atoms with van der Waals surface area (Å²) in [6.45, 7) is 6.29. The van der Waals surface area contributed by atoms with Crippen LogP contribution in [-0.4, -0.2) is 17.7 Å². The van der Waals surface area contributed by atoms with Crippen LogP contribution < -0.4 is 5.32 Å². The zero-order chi connectivity index (χ0) is 13.2. The van der Waals surface area contributed by atoms with E-state index in [9.17, 15) is 5.11 Å². The van der Waals surface area contributed by atoms with Crippen LogP contribution in [0, 0.1) is 13.8 Å². The summed E-state index contributed by atoms with van der Waals surface area (Å²) in [4.78, 5) is 0. The van der Waals surface area contributed by atoms with Gasteiger partial charge in [-0.25, -0.2) is 0 Å². The fraction of sp³-hybridized carbons (Fsp3) is 0.733. The second-order valence-electron chi connectivity index (χ2n) is 5.82. The maximum Gasteiger partial charge on any atom is 0.107 e. The molecular weight excluding hydrogens is 226 g/mol. The molecule has 1 atom stereocenters. The van der Waals surface area contributed by atoms with Crippen molar-refractivity contribution in [3.8, 4) is 0 Å².